The normalized spacial score (nSPS) is 34.4. The van der Waals surface area contributed by atoms with Crippen LogP contribution in [0.5, 0.6) is 0 Å². The maximum atomic E-state index is 13.8. The quantitative estimate of drug-likeness (QED) is 0.674. The van der Waals surface area contributed by atoms with E-state index in [0.717, 1.165) is 22.2 Å². The molecular formula is C21H25BrFNO. The number of carbonyl (C=O) groups is 1. The maximum absolute atomic E-state index is 13.8. The van der Waals surface area contributed by atoms with Gasteiger partial charge in [-0.3, -0.25) is 4.79 Å². The van der Waals surface area contributed by atoms with Gasteiger partial charge in [0.1, 0.15) is 5.82 Å². The molecule has 0 aromatic heterocycles. The molecule has 1 aromatic carbocycles. The molecule has 25 heavy (non-hydrogen) atoms. The molecule has 1 atom stereocenters. The van der Waals surface area contributed by atoms with E-state index in [2.05, 4.69) is 28.2 Å². The second-order valence-corrected chi connectivity index (χ2v) is 9.43. The van der Waals surface area contributed by atoms with Gasteiger partial charge in [-0.25, -0.2) is 4.39 Å². The molecule has 1 N–H and O–H groups in total. The van der Waals surface area contributed by atoms with Gasteiger partial charge >= 0.3 is 0 Å². The fraction of sp³-hybridized carbons (Fsp3) is 0.571. The summed E-state index contributed by atoms with van der Waals surface area (Å²) in [6, 6.07) is 4.92. The van der Waals surface area contributed by atoms with Gasteiger partial charge in [0.15, 0.2) is 0 Å². The lowest BCUT2D eigenvalue weighted by molar-refractivity contribution is -0.121. The molecule has 0 radical (unpaired) electrons. The number of nitrogens with one attached hydrogen (secondary N) is 1. The van der Waals surface area contributed by atoms with Crippen molar-refractivity contribution in [3.05, 3.63) is 40.1 Å². The predicted molar refractivity (Wildman–Crippen MR) is 101 cm³/mol. The minimum absolute atomic E-state index is 0.123. The van der Waals surface area contributed by atoms with E-state index in [1.165, 1.54) is 50.7 Å². The zero-order chi connectivity index (χ0) is 17.6. The molecule has 1 amide bonds. The number of rotatable bonds is 4. The summed E-state index contributed by atoms with van der Waals surface area (Å²) in [5, 5.41) is 3.18. The third-order valence-electron chi connectivity index (χ3n) is 6.74. The standard InChI is InChI=1S/C21H25BrFNO/c1-13(21-10-14-6-15(11-21)8-16(7-14)12-21)24-20(25)5-2-17-9-18(22)3-4-19(17)23/h2-5,9,13-16H,6-8,10-12H2,1H3,(H,24,25)/b5-2+/t13-,14?,15?,16?,21?/m1/s1. The van der Waals surface area contributed by atoms with Crippen LogP contribution in [0.1, 0.15) is 51.0 Å². The summed E-state index contributed by atoms with van der Waals surface area (Å²) in [6.45, 7) is 2.17. The molecule has 0 spiro atoms. The van der Waals surface area contributed by atoms with Gasteiger partial charge in [0.25, 0.3) is 0 Å². The first-order chi connectivity index (χ1) is 11.9. The van der Waals surface area contributed by atoms with Crippen molar-refractivity contribution in [3.8, 4) is 0 Å². The molecule has 5 rings (SSSR count). The third-order valence-corrected chi connectivity index (χ3v) is 7.23. The van der Waals surface area contributed by atoms with E-state index in [1.807, 2.05) is 0 Å². The molecule has 2 nitrogen and oxygen atoms in total. The molecular weight excluding hydrogens is 381 g/mol. The van der Waals surface area contributed by atoms with Crippen molar-refractivity contribution in [2.75, 3.05) is 0 Å². The molecule has 1 aromatic rings. The number of amides is 1. The SMILES string of the molecule is C[C@@H](NC(=O)/C=C/c1cc(Br)ccc1F)C12CC3CC(CC(C3)C1)C2. The lowest BCUT2D eigenvalue weighted by atomic mass is 9.48. The number of hydrogen-bond acceptors (Lipinski definition) is 1. The Balaban J connectivity index is 1.42. The molecule has 0 aliphatic heterocycles. The molecule has 4 saturated carbocycles. The number of halogens is 2. The molecule has 134 valence electrons. The van der Waals surface area contributed by atoms with Gasteiger partial charge in [-0.2, -0.15) is 0 Å². The van der Waals surface area contributed by atoms with Crippen LogP contribution < -0.4 is 5.32 Å². The van der Waals surface area contributed by atoms with Gasteiger partial charge in [-0.05, 0) is 92.9 Å². The minimum atomic E-state index is -0.318. The Bertz CT molecular complexity index is 679. The molecule has 0 heterocycles. The second-order valence-electron chi connectivity index (χ2n) is 8.51. The van der Waals surface area contributed by atoms with Crippen LogP contribution in [0.15, 0.2) is 28.7 Å². The van der Waals surface area contributed by atoms with Crippen molar-refractivity contribution < 1.29 is 9.18 Å². The zero-order valence-electron chi connectivity index (χ0n) is 14.6. The van der Waals surface area contributed by atoms with E-state index in [-0.39, 0.29) is 17.8 Å². The number of carbonyl (C=O) groups excluding carboxylic acids is 1. The van der Waals surface area contributed by atoms with Crippen molar-refractivity contribution in [2.24, 2.45) is 23.2 Å². The maximum Gasteiger partial charge on any atom is 0.244 e. The monoisotopic (exact) mass is 405 g/mol. The van der Waals surface area contributed by atoms with Crippen molar-refractivity contribution in [2.45, 2.75) is 51.5 Å². The van der Waals surface area contributed by atoms with E-state index < -0.39 is 0 Å². The minimum Gasteiger partial charge on any atom is -0.350 e. The van der Waals surface area contributed by atoms with E-state index >= 15 is 0 Å². The average Bonchev–Trinajstić information content (AvgIpc) is 2.54. The number of hydrogen-bond donors (Lipinski definition) is 1. The highest BCUT2D eigenvalue weighted by atomic mass is 79.9. The van der Waals surface area contributed by atoms with Gasteiger partial charge in [0.05, 0.1) is 0 Å². The fourth-order valence-corrected chi connectivity index (χ4v) is 6.31. The molecule has 4 bridgehead atoms. The first-order valence-corrected chi connectivity index (χ1v) is 10.2. The lowest BCUT2D eigenvalue weighted by Gasteiger charge is -2.59. The van der Waals surface area contributed by atoms with Gasteiger partial charge in [-0.15, -0.1) is 0 Å². The second kappa shape index (κ2) is 6.53. The summed E-state index contributed by atoms with van der Waals surface area (Å²) in [6.07, 6.45) is 11.0. The van der Waals surface area contributed by atoms with Crippen LogP contribution in [-0.4, -0.2) is 11.9 Å². The van der Waals surface area contributed by atoms with E-state index in [1.54, 1.807) is 18.2 Å². The number of benzene rings is 1. The summed E-state index contributed by atoms with van der Waals surface area (Å²) < 4.78 is 14.6. The Hall–Kier alpha value is -1.16. The Morgan fingerprint density at radius 2 is 1.84 bits per heavy atom. The fourth-order valence-electron chi connectivity index (χ4n) is 5.93. The smallest absolute Gasteiger partial charge is 0.244 e. The topological polar surface area (TPSA) is 29.1 Å². The highest BCUT2D eigenvalue weighted by Crippen LogP contribution is 2.61. The molecule has 4 aliphatic rings. The van der Waals surface area contributed by atoms with Crippen LogP contribution in [0.4, 0.5) is 4.39 Å². The van der Waals surface area contributed by atoms with Gasteiger partial charge in [0.2, 0.25) is 5.91 Å². The predicted octanol–water partition coefficient (Wildman–Crippen LogP) is 5.32. The van der Waals surface area contributed by atoms with Crippen LogP contribution >= 0.6 is 15.9 Å². The summed E-state index contributed by atoms with van der Waals surface area (Å²) in [4.78, 5) is 12.4. The van der Waals surface area contributed by atoms with Gasteiger partial charge in [-0.1, -0.05) is 15.9 Å². The molecule has 4 aliphatic carbocycles. The van der Waals surface area contributed by atoms with E-state index in [9.17, 15) is 9.18 Å². The Labute approximate surface area is 157 Å². The Morgan fingerprint density at radius 3 is 2.44 bits per heavy atom. The highest BCUT2D eigenvalue weighted by Gasteiger charge is 2.53. The molecule has 4 heteroatoms. The summed E-state index contributed by atoms with van der Waals surface area (Å²) in [5.74, 6) is 2.18. The van der Waals surface area contributed by atoms with E-state index in [0.29, 0.717) is 11.0 Å². The summed E-state index contributed by atoms with van der Waals surface area (Å²) in [7, 11) is 0. The first kappa shape index (κ1) is 17.3. The van der Waals surface area contributed by atoms with Crippen LogP contribution in [0, 0.1) is 29.0 Å². The van der Waals surface area contributed by atoms with Gasteiger partial charge < -0.3 is 5.32 Å². The first-order valence-electron chi connectivity index (χ1n) is 9.37. The van der Waals surface area contributed by atoms with Crippen molar-refractivity contribution in [3.63, 3.8) is 0 Å². The van der Waals surface area contributed by atoms with Crippen LogP contribution in [0.25, 0.3) is 6.08 Å². The Morgan fingerprint density at radius 1 is 1.24 bits per heavy atom. The lowest BCUT2D eigenvalue weighted by Crippen LogP contribution is -2.55. The van der Waals surface area contributed by atoms with Crippen LogP contribution in [-0.2, 0) is 4.79 Å². The highest BCUT2D eigenvalue weighted by molar-refractivity contribution is 9.10. The average molecular weight is 406 g/mol. The zero-order valence-corrected chi connectivity index (χ0v) is 16.2. The molecule has 4 fully saturated rings. The molecule has 0 saturated heterocycles. The van der Waals surface area contributed by atoms with Crippen molar-refractivity contribution >= 4 is 27.9 Å². The largest absolute Gasteiger partial charge is 0.350 e. The van der Waals surface area contributed by atoms with E-state index in [4.69, 9.17) is 0 Å². The summed E-state index contributed by atoms with van der Waals surface area (Å²) in [5.41, 5.74) is 0.714. The van der Waals surface area contributed by atoms with Gasteiger partial charge in [0, 0.05) is 22.2 Å². The van der Waals surface area contributed by atoms with Crippen molar-refractivity contribution in [1.82, 2.24) is 5.32 Å². The Kier molecular flexibility index (Phi) is 4.51. The summed E-state index contributed by atoms with van der Waals surface area (Å²) >= 11 is 3.33. The molecule has 0 unspecified atom stereocenters. The van der Waals surface area contributed by atoms with Crippen LogP contribution in [0.2, 0.25) is 0 Å². The van der Waals surface area contributed by atoms with Crippen LogP contribution in [0.3, 0.4) is 0 Å². The third kappa shape index (κ3) is 3.42. The van der Waals surface area contributed by atoms with Crippen molar-refractivity contribution in [1.29, 1.82) is 0 Å².